The van der Waals surface area contributed by atoms with E-state index in [-0.39, 0.29) is 17.9 Å². The fraction of sp³-hybridized carbons (Fsp3) is 0.864. The summed E-state index contributed by atoms with van der Waals surface area (Å²) >= 11 is 0. The van der Waals surface area contributed by atoms with Crippen molar-refractivity contribution in [2.75, 3.05) is 39.8 Å². The Labute approximate surface area is 175 Å². The van der Waals surface area contributed by atoms with E-state index in [1.165, 1.54) is 0 Å². The van der Waals surface area contributed by atoms with Crippen molar-refractivity contribution in [2.45, 2.75) is 83.2 Å². The molecule has 2 aliphatic rings. The average molecular weight is 409 g/mol. The molecule has 166 valence electrons. The van der Waals surface area contributed by atoms with Crippen molar-refractivity contribution < 1.29 is 14.4 Å². The number of amides is 2. The molecule has 1 aliphatic carbocycles. The van der Waals surface area contributed by atoms with Crippen LogP contribution in [0.4, 0.5) is 0 Å². The molecule has 2 amide bonds. The lowest BCUT2D eigenvalue weighted by atomic mass is 10.0. The number of hydrogen-bond donors (Lipinski definition) is 2. The summed E-state index contributed by atoms with van der Waals surface area (Å²) < 4.78 is 0. The third-order valence-corrected chi connectivity index (χ3v) is 6.16. The van der Waals surface area contributed by atoms with Crippen LogP contribution in [0.5, 0.6) is 0 Å². The van der Waals surface area contributed by atoms with Gasteiger partial charge in [-0.2, -0.15) is 0 Å². The molecule has 7 nitrogen and oxygen atoms in total. The molecule has 0 unspecified atom stereocenters. The molecule has 0 aromatic carbocycles. The first-order chi connectivity index (χ1) is 14.0. The quantitative estimate of drug-likeness (QED) is 0.481. The zero-order valence-electron chi connectivity index (χ0n) is 18.4. The highest BCUT2D eigenvalue weighted by atomic mass is 16.2. The van der Waals surface area contributed by atoms with Crippen LogP contribution in [0.1, 0.15) is 71.1 Å². The Balaban J connectivity index is 1.79. The lowest BCUT2D eigenvalue weighted by Gasteiger charge is -2.32. The SMILES string of the molecule is CCC(=O)CCCCC[C@H](NC(=O)CN1CCN(C)CC1)C(=O)NC1CCCC1. The maximum atomic E-state index is 12.8. The standard InChI is InChI=1S/C22H40N4O3/c1-3-19(27)11-5-4-6-12-20(22(29)23-18-9-7-8-10-18)24-21(28)17-26-15-13-25(2)14-16-26/h18,20H,3-17H2,1-2H3,(H,23,29)(H,24,28)/t20-/m0/s1. The van der Waals surface area contributed by atoms with E-state index in [9.17, 15) is 14.4 Å². The smallest absolute Gasteiger partial charge is 0.242 e. The summed E-state index contributed by atoms with van der Waals surface area (Å²) in [5.41, 5.74) is 0. The van der Waals surface area contributed by atoms with Gasteiger partial charge in [0.25, 0.3) is 0 Å². The minimum absolute atomic E-state index is 0.0479. The van der Waals surface area contributed by atoms with Gasteiger partial charge in [0, 0.05) is 45.1 Å². The van der Waals surface area contributed by atoms with Crippen LogP contribution in [0.2, 0.25) is 0 Å². The molecule has 0 aromatic rings. The number of nitrogens with zero attached hydrogens (tertiary/aromatic N) is 2. The first kappa shape index (κ1) is 23.8. The fourth-order valence-electron chi connectivity index (χ4n) is 4.11. The van der Waals surface area contributed by atoms with Crippen molar-refractivity contribution in [1.29, 1.82) is 0 Å². The number of ketones is 1. The van der Waals surface area contributed by atoms with Crippen molar-refractivity contribution in [2.24, 2.45) is 0 Å². The average Bonchev–Trinajstić information content (AvgIpc) is 3.21. The van der Waals surface area contributed by atoms with E-state index in [2.05, 4.69) is 27.5 Å². The Hall–Kier alpha value is -1.47. The van der Waals surface area contributed by atoms with Crippen LogP contribution in [0, 0.1) is 0 Å². The summed E-state index contributed by atoms with van der Waals surface area (Å²) in [4.78, 5) is 41.2. The minimum atomic E-state index is -0.475. The number of Topliss-reactive ketones (excluding diaryl/α,β-unsaturated/α-hetero) is 1. The third kappa shape index (κ3) is 9.26. The number of unbranched alkanes of at least 4 members (excludes halogenated alkanes) is 2. The van der Waals surface area contributed by atoms with Gasteiger partial charge in [0.2, 0.25) is 11.8 Å². The second-order valence-electron chi connectivity index (χ2n) is 8.68. The lowest BCUT2D eigenvalue weighted by Crippen LogP contribution is -2.53. The molecule has 1 atom stereocenters. The van der Waals surface area contributed by atoms with Gasteiger partial charge in [-0.15, -0.1) is 0 Å². The van der Waals surface area contributed by atoms with Gasteiger partial charge < -0.3 is 15.5 Å². The Bertz CT molecular complexity index is 526. The molecule has 0 radical (unpaired) electrons. The molecule has 1 saturated carbocycles. The van der Waals surface area contributed by atoms with Gasteiger partial charge in [-0.3, -0.25) is 19.3 Å². The van der Waals surface area contributed by atoms with Crippen LogP contribution in [0.3, 0.4) is 0 Å². The lowest BCUT2D eigenvalue weighted by molar-refractivity contribution is -0.130. The summed E-state index contributed by atoms with van der Waals surface area (Å²) in [5.74, 6) is 0.177. The fourth-order valence-corrected chi connectivity index (χ4v) is 4.11. The van der Waals surface area contributed by atoms with Gasteiger partial charge in [-0.05, 0) is 32.7 Å². The monoisotopic (exact) mass is 408 g/mol. The molecular weight excluding hydrogens is 368 g/mol. The number of carbonyl (C=O) groups is 3. The van der Waals surface area contributed by atoms with Crippen LogP contribution in [0.15, 0.2) is 0 Å². The summed E-state index contributed by atoms with van der Waals surface area (Å²) in [6, 6.07) is -0.223. The van der Waals surface area contributed by atoms with Crippen LogP contribution in [0.25, 0.3) is 0 Å². The van der Waals surface area contributed by atoms with Crippen LogP contribution >= 0.6 is 0 Å². The maximum absolute atomic E-state index is 12.8. The molecule has 0 aromatic heterocycles. The van der Waals surface area contributed by atoms with Gasteiger partial charge in [0.15, 0.2) is 0 Å². The molecule has 1 saturated heterocycles. The maximum Gasteiger partial charge on any atom is 0.242 e. The molecule has 7 heteroatoms. The van der Waals surface area contributed by atoms with Crippen LogP contribution in [-0.2, 0) is 14.4 Å². The van der Waals surface area contributed by atoms with E-state index in [1.54, 1.807) is 0 Å². The van der Waals surface area contributed by atoms with E-state index in [0.717, 1.165) is 71.1 Å². The van der Waals surface area contributed by atoms with Crippen molar-refractivity contribution >= 4 is 17.6 Å². The predicted octanol–water partition coefficient (Wildman–Crippen LogP) is 1.71. The number of piperazine rings is 1. The molecule has 2 rings (SSSR count). The highest BCUT2D eigenvalue weighted by molar-refractivity contribution is 5.88. The Morgan fingerprint density at radius 3 is 2.34 bits per heavy atom. The summed E-state index contributed by atoms with van der Waals surface area (Å²) in [7, 11) is 2.09. The first-order valence-electron chi connectivity index (χ1n) is 11.5. The number of nitrogens with one attached hydrogen (secondary N) is 2. The molecule has 1 aliphatic heterocycles. The van der Waals surface area contributed by atoms with Crippen molar-refractivity contribution in [3.05, 3.63) is 0 Å². The molecule has 0 spiro atoms. The second kappa shape index (κ2) is 13.0. The summed E-state index contributed by atoms with van der Waals surface area (Å²) in [6.07, 6.45) is 8.85. The predicted molar refractivity (Wildman–Crippen MR) is 115 cm³/mol. The molecule has 0 bridgehead atoms. The van der Waals surface area contributed by atoms with Crippen molar-refractivity contribution in [1.82, 2.24) is 20.4 Å². The molecule has 1 heterocycles. The number of likely N-dealkylation sites (N-methyl/N-ethyl adjacent to an activating group) is 1. The largest absolute Gasteiger partial charge is 0.352 e. The Morgan fingerprint density at radius 1 is 1.00 bits per heavy atom. The molecule has 29 heavy (non-hydrogen) atoms. The number of hydrogen-bond acceptors (Lipinski definition) is 5. The van der Waals surface area contributed by atoms with E-state index in [1.807, 2.05) is 6.92 Å². The van der Waals surface area contributed by atoms with Gasteiger partial charge in [-0.25, -0.2) is 0 Å². The topological polar surface area (TPSA) is 81.8 Å². The van der Waals surface area contributed by atoms with Crippen molar-refractivity contribution in [3.63, 3.8) is 0 Å². The summed E-state index contributed by atoms with van der Waals surface area (Å²) in [5, 5.41) is 6.12. The van der Waals surface area contributed by atoms with Crippen LogP contribution in [-0.4, -0.2) is 79.3 Å². The zero-order valence-corrected chi connectivity index (χ0v) is 18.4. The highest BCUT2D eigenvalue weighted by Gasteiger charge is 2.25. The van der Waals surface area contributed by atoms with E-state index in [0.29, 0.717) is 31.6 Å². The summed E-state index contributed by atoms with van der Waals surface area (Å²) in [6.45, 7) is 5.95. The zero-order chi connectivity index (χ0) is 21.1. The molecular formula is C22H40N4O3. The van der Waals surface area contributed by atoms with E-state index < -0.39 is 6.04 Å². The number of rotatable bonds is 12. The second-order valence-corrected chi connectivity index (χ2v) is 8.68. The van der Waals surface area contributed by atoms with Crippen molar-refractivity contribution in [3.8, 4) is 0 Å². The first-order valence-corrected chi connectivity index (χ1v) is 11.5. The van der Waals surface area contributed by atoms with E-state index >= 15 is 0 Å². The third-order valence-electron chi connectivity index (χ3n) is 6.16. The number of carbonyl (C=O) groups excluding carboxylic acids is 3. The normalized spacial score (nSPS) is 19.8. The molecule has 2 N–H and O–H groups in total. The van der Waals surface area contributed by atoms with Gasteiger partial charge in [0.05, 0.1) is 6.54 Å². The van der Waals surface area contributed by atoms with Gasteiger partial charge in [0.1, 0.15) is 11.8 Å². The van der Waals surface area contributed by atoms with Crippen LogP contribution < -0.4 is 10.6 Å². The minimum Gasteiger partial charge on any atom is -0.352 e. The molecule has 2 fully saturated rings. The van der Waals surface area contributed by atoms with E-state index in [4.69, 9.17) is 0 Å². The highest BCUT2D eigenvalue weighted by Crippen LogP contribution is 2.18. The van der Waals surface area contributed by atoms with Gasteiger partial charge >= 0.3 is 0 Å². The van der Waals surface area contributed by atoms with Gasteiger partial charge in [-0.1, -0.05) is 32.6 Å². The Kier molecular flexibility index (Phi) is 10.6. The Morgan fingerprint density at radius 2 is 1.69 bits per heavy atom.